The van der Waals surface area contributed by atoms with Gasteiger partial charge in [0, 0.05) is 19.9 Å². The number of amides is 1. The van der Waals surface area contributed by atoms with Crippen LogP contribution in [0.4, 0.5) is 4.79 Å². The Balaban J connectivity index is 5.00. The van der Waals surface area contributed by atoms with Crippen molar-refractivity contribution in [3.05, 3.63) is 12.7 Å². The Bertz CT molecular complexity index is 686. The van der Waals surface area contributed by atoms with E-state index < -0.39 is 25.6 Å². The van der Waals surface area contributed by atoms with Gasteiger partial charge in [0.15, 0.2) is 0 Å². The number of phosphoric acid groups is 1. The molecule has 3 N–H and O–H groups in total. The van der Waals surface area contributed by atoms with Crippen molar-refractivity contribution in [3.8, 4) is 0 Å². The highest BCUT2D eigenvalue weighted by Gasteiger charge is 2.29. The van der Waals surface area contributed by atoms with Crippen molar-refractivity contribution < 1.29 is 41.9 Å². The average molecular weight is 553 g/mol. The van der Waals surface area contributed by atoms with Crippen molar-refractivity contribution in [2.24, 2.45) is 5.73 Å². The van der Waals surface area contributed by atoms with Gasteiger partial charge >= 0.3 is 19.9 Å². The van der Waals surface area contributed by atoms with E-state index in [2.05, 4.69) is 18.8 Å². The number of nitrogens with one attached hydrogen (secondary N) is 1. The van der Waals surface area contributed by atoms with E-state index in [0.717, 1.165) is 25.7 Å². The molecule has 1 unspecified atom stereocenters. The van der Waals surface area contributed by atoms with Crippen molar-refractivity contribution in [1.82, 2.24) is 5.32 Å². The van der Waals surface area contributed by atoms with Gasteiger partial charge in [-0.05, 0) is 33.6 Å². The topological polar surface area (TPSA) is 145 Å². The first-order chi connectivity index (χ1) is 17.4. The minimum Gasteiger partial charge on any atom is -0.462 e. The minimum absolute atomic E-state index is 0.0287. The molecule has 0 aromatic rings. The van der Waals surface area contributed by atoms with Crippen LogP contribution in [0.1, 0.15) is 79.6 Å². The minimum atomic E-state index is -3.94. The van der Waals surface area contributed by atoms with E-state index >= 15 is 0 Å². The lowest BCUT2D eigenvalue weighted by molar-refractivity contribution is -0.147. The largest absolute Gasteiger partial charge is 0.475 e. The molecular formula is C25H49N2O9P. The van der Waals surface area contributed by atoms with Crippen LogP contribution >= 0.6 is 7.82 Å². The summed E-state index contributed by atoms with van der Waals surface area (Å²) in [6, 6.07) is -0.724. The van der Waals surface area contributed by atoms with Gasteiger partial charge in [0.2, 0.25) is 0 Å². The number of hydrogen-bond acceptors (Lipinski definition) is 10. The fourth-order valence-corrected chi connectivity index (χ4v) is 4.32. The molecular weight excluding hydrogens is 503 g/mol. The van der Waals surface area contributed by atoms with Crippen LogP contribution in [-0.2, 0) is 37.1 Å². The van der Waals surface area contributed by atoms with Crippen molar-refractivity contribution in [2.75, 3.05) is 39.6 Å². The lowest BCUT2D eigenvalue weighted by Gasteiger charge is -2.25. The molecule has 11 nitrogen and oxygen atoms in total. The van der Waals surface area contributed by atoms with Crippen LogP contribution in [0.5, 0.6) is 0 Å². The van der Waals surface area contributed by atoms with Crippen LogP contribution in [0.25, 0.3) is 0 Å². The maximum Gasteiger partial charge on any atom is 0.475 e. The smallest absolute Gasteiger partial charge is 0.462 e. The highest BCUT2D eigenvalue weighted by molar-refractivity contribution is 7.48. The second kappa shape index (κ2) is 20.5. The molecule has 0 aromatic carbocycles. The van der Waals surface area contributed by atoms with E-state index in [1.807, 2.05) is 0 Å². The van der Waals surface area contributed by atoms with Crippen LogP contribution in [0.2, 0.25) is 0 Å². The second-order valence-corrected chi connectivity index (χ2v) is 11.3. The van der Waals surface area contributed by atoms with E-state index in [0.29, 0.717) is 6.42 Å². The van der Waals surface area contributed by atoms with Gasteiger partial charge in [0.25, 0.3) is 0 Å². The lowest BCUT2D eigenvalue weighted by atomic mass is 10.1. The Hall–Kier alpha value is -1.49. The van der Waals surface area contributed by atoms with Gasteiger partial charge in [-0.3, -0.25) is 18.4 Å². The number of unbranched alkanes of at least 4 members (excludes halogenated alkanes) is 4. The monoisotopic (exact) mass is 552 g/mol. The molecule has 0 spiro atoms. The van der Waals surface area contributed by atoms with Crippen molar-refractivity contribution in [2.45, 2.75) is 97.3 Å². The van der Waals surface area contributed by atoms with Gasteiger partial charge in [-0.1, -0.05) is 38.7 Å². The number of esters is 1. The molecule has 0 saturated carbocycles. The highest BCUT2D eigenvalue weighted by atomic mass is 31.2. The van der Waals surface area contributed by atoms with Gasteiger partial charge in [0.1, 0.15) is 11.7 Å². The molecule has 0 saturated heterocycles. The van der Waals surface area contributed by atoms with Crippen molar-refractivity contribution in [3.63, 3.8) is 0 Å². The third-order valence-corrected chi connectivity index (χ3v) is 6.17. The predicted octanol–water partition coefficient (Wildman–Crippen LogP) is 4.88. The molecule has 0 bridgehead atoms. The van der Waals surface area contributed by atoms with Crippen LogP contribution in [0.3, 0.4) is 0 Å². The third kappa shape index (κ3) is 21.2. The van der Waals surface area contributed by atoms with Gasteiger partial charge in [0.05, 0.1) is 39.1 Å². The van der Waals surface area contributed by atoms with Crippen molar-refractivity contribution >= 4 is 19.9 Å². The molecule has 0 aliphatic carbocycles. The summed E-state index contributed by atoms with van der Waals surface area (Å²) in [5.74, 6) is -0.329. The summed E-state index contributed by atoms with van der Waals surface area (Å²) in [7, 11) is -3.94. The zero-order valence-corrected chi connectivity index (χ0v) is 24.2. The maximum absolute atomic E-state index is 12.8. The summed E-state index contributed by atoms with van der Waals surface area (Å²) >= 11 is 0. The number of carbonyl (C=O) groups is 2. The summed E-state index contributed by atoms with van der Waals surface area (Å²) in [4.78, 5) is 23.8. The number of rotatable bonds is 22. The van der Waals surface area contributed by atoms with Gasteiger partial charge < -0.3 is 25.3 Å². The normalized spacial score (nSPS) is 14.9. The fourth-order valence-electron chi connectivity index (χ4n) is 3.12. The molecule has 12 heteroatoms. The first-order valence-electron chi connectivity index (χ1n) is 13.0. The molecule has 0 aliphatic heterocycles. The Morgan fingerprint density at radius 1 is 1.03 bits per heavy atom. The lowest BCUT2D eigenvalue weighted by Crippen LogP contribution is -2.44. The summed E-state index contributed by atoms with van der Waals surface area (Å²) in [6.45, 7) is 12.4. The number of alkyl carbamates (subject to hydrolysis) is 1. The highest BCUT2D eigenvalue weighted by Crippen LogP contribution is 2.49. The second-order valence-electron chi connectivity index (χ2n) is 9.59. The van der Waals surface area contributed by atoms with E-state index in [9.17, 15) is 14.2 Å². The predicted molar refractivity (Wildman–Crippen MR) is 142 cm³/mol. The number of phosphoric ester groups is 1. The number of nitrogens with two attached hydrogens (primary N) is 1. The molecule has 3 atom stereocenters. The molecule has 37 heavy (non-hydrogen) atoms. The number of carbonyl (C=O) groups excluding carboxylic acids is 2. The molecule has 0 aromatic heterocycles. The van der Waals surface area contributed by atoms with E-state index in [4.69, 9.17) is 33.5 Å². The van der Waals surface area contributed by atoms with E-state index in [1.54, 1.807) is 20.8 Å². The molecule has 1 amide bonds. The molecule has 0 radical (unpaired) electrons. The summed E-state index contributed by atoms with van der Waals surface area (Å²) in [5.41, 5.74) is 4.72. The maximum atomic E-state index is 12.8. The van der Waals surface area contributed by atoms with Gasteiger partial charge in [-0.25, -0.2) is 9.36 Å². The van der Waals surface area contributed by atoms with Crippen LogP contribution < -0.4 is 11.1 Å². The first-order valence-corrected chi connectivity index (χ1v) is 14.5. The van der Waals surface area contributed by atoms with Gasteiger partial charge in [-0.2, -0.15) is 0 Å². The Kier molecular flexibility index (Phi) is 19.6. The number of hydrogen-bond donors (Lipinski definition) is 2. The zero-order valence-electron chi connectivity index (χ0n) is 23.3. The molecule has 0 heterocycles. The first kappa shape index (κ1) is 35.5. The van der Waals surface area contributed by atoms with Gasteiger partial charge in [-0.15, -0.1) is 6.58 Å². The molecule has 0 fully saturated rings. The summed E-state index contributed by atoms with van der Waals surface area (Å²) in [5, 5.41) is 2.66. The Labute approximate surface area is 222 Å². The SMILES string of the molecule is C=CCOP(=O)(OCCN)OC[C@H](COCC[C@@H](CCCCCCC)OC(C)=O)NC(=O)OC(C)(C)C. The van der Waals surface area contributed by atoms with E-state index in [-0.39, 0.29) is 51.7 Å². The van der Waals surface area contributed by atoms with Crippen LogP contribution in [-0.4, -0.2) is 69.4 Å². The molecule has 0 aliphatic rings. The standard InChI is InChI=1S/C25H49N2O9P/c1-7-9-10-11-12-13-23(35-21(3)28)14-17-31-19-22(27-24(29)36-25(4,5)6)20-34-37(30,32-16-8-2)33-18-15-26/h8,22-23H,2,7,9-20,26H2,1,3-6H3,(H,27,29)/t22-,23+,37?/m0/s1. The third-order valence-electron chi connectivity index (χ3n) is 4.74. The van der Waals surface area contributed by atoms with Crippen molar-refractivity contribution in [1.29, 1.82) is 0 Å². The quantitative estimate of drug-likeness (QED) is 0.0825. The summed E-state index contributed by atoms with van der Waals surface area (Å²) in [6.07, 6.45) is 7.33. The Morgan fingerprint density at radius 2 is 1.73 bits per heavy atom. The molecule has 0 rings (SSSR count). The number of ether oxygens (including phenoxy) is 3. The van der Waals surface area contributed by atoms with Crippen LogP contribution in [0, 0.1) is 0 Å². The zero-order chi connectivity index (χ0) is 28.2. The van der Waals surface area contributed by atoms with Crippen LogP contribution in [0.15, 0.2) is 12.7 Å². The Morgan fingerprint density at radius 3 is 2.32 bits per heavy atom. The molecule has 218 valence electrons. The fraction of sp³-hybridized carbons (Fsp3) is 0.840. The van der Waals surface area contributed by atoms with E-state index in [1.165, 1.54) is 25.8 Å². The average Bonchev–Trinajstić information content (AvgIpc) is 2.80. The summed E-state index contributed by atoms with van der Waals surface area (Å²) < 4.78 is 45.1.